The van der Waals surface area contributed by atoms with Crippen LogP contribution in [0, 0.1) is 16.7 Å². The molecule has 2 aromatic rings. The highest BCUT2D eigenvalue weighted by Crippen LogP contribution is 2.28. The van der Waals surface area contributed by atoms with E-state index in [4.69, 9.17) is 15.3 Å². The number of nitrogens with zero attached hydrogens (tertiary/aromatic N) is 5. The van der Waals surface area contributed by atoms with Gasteiger partial charge in [0.15, 0.2) is 18.1 Å². The minimum Gasteiger partial charge on any atom is -0.486 e. The Morgan fingerprint density at radius 1 is 1.41 bits per heavy atom. The van der Waals surface area contributed by atoms with Crippen molar-refractivity contribution in [3.63, 3.8) is 0 Å². The summed E-state index contributed by atoms with van der Waals surface area (Å²) >= 11 is 0. The number of anilines is 1. The number of allylic oxidation sites excluding steroid dienone is 1. The molecule has 5 N–H and O–H groups in total. The number of hydrogen-bond donors (Lipinski definition) is 5. The summed E-state index contributed by atoms with van der Waals surface area (Å²) in [6.07, 6.45) is -1.24. The third-order valence-electron chi connectivity index (χ3n) is 5.24. The number of carbonyl (C=O) groups excluding carboxylic acids is 1. The molecule has 0 aliphatic carbocycles. The van der Waals surface area contributed by atoms with Crippen molar-refractivity contribution >= 4 is 18.1 Å². The number of rotatable bonds is 10. The smallest absolute Gasteiger partial charge is 0.312 e. The number of halogens is 3. The van der Waals surface area contributed by atoms with E-state index in [1.165, 1.54) is 18.2 Å². The fourth-order valence-corrected chi connectivity index (χ4v) is 3.42. The van der Waals surface area contributed by atoms with Crippen molar-refractivity contribution in [2.75, 3.05) is 25.0 Å². The second-order valence-corrected chi connectivity index (χ2v) is 7.74. The van der Waals surface area contributed by atoms with E-state index in [2.05, 4.69) is 20.3 Å². The number of nitriles is 1. The van der Waals surface area contributed by atoms with Gasteiger partial charge in [-0.25, -0.2) is 14.4 Å². The number of amides is 1. The van der Waals surface area contributed by atoms with Crippen LogP contribution < -0.4 is 15.4 Å². The van der Waals surface area contributed by atoms with Gasteiger partial charge in [0, 0.05) is 30.9 Å². The van der Waals surface area contributed by atoms with E-state index in [0.29, 0.717) is 5.56 Å². The van der Waals surface area contributed by atoms with Crippen LogP contribution in [-0.2, 0) is 4.79 Å². The van der Waals surface area contributed by atoms with Crippen molar-refractivity contribution in [1.82, 2.24) is 25.2 Å². The Morgan fingerprint density at radius 2 is 2.19 bits per heavy atom. The van der Waals surface area contributed by atoms with Crippen LogP contribution in [0.25, 0.3) is 11.4 Å². The molecule has 1 aliphatic rings. The lowest BCUT2D eigenvalue weighted by Crippen LogP contribution is -2.52. The molecule has 2 heterocycles. The molecule has 0 bridgehead atoms. The molecular weight excluding hydrogens is 497 g/mol. The number of piperidine rings is 1. The number of carbonyl (C=O) groups is 1. The van der Waals surface area contributed by atoms with Crippen LogP contribution in [-0.4, -0.2) is 86.8 Å². The van der Waals surface area contributed by atoms with Crippen LogP contribution in [0.3, 0.4) is 0 Å². The van der Waals surface area contributed by atoms with Crippen molar-refractivity contribution in [2.24, 2.45) is 0 Å². The minimum atomic E-state index is -2.82. The van der Waals surface area contributed by atoms with Gasteiger partial charge < -0.3 is 35.9 Å². The Bertz CT molecular complexity index is 1190. The fourth-order valence-electron chi connectivity index (χ4n) is 3.42. The van der Waals surface area contributed by atoms with Crippen molar-refractivity contribution in [3.05, 3.63) is 42.0 Å². The zero-order chi connectivity index (χ0) is 26.9. The van der Waals surface area contributed by atoms with Gasteiger partial charge in [-0.15, -0.1) is 0 Å². The number of benzene rings is 1. The van der Waals surface area contributed by atoms with Gasteiger partial charge in [0.25, 0.3) is 5.91 Å². The number of nitrogens with one attached hydrogen (secondary N) is 3. The predicted octanol–water partition coefficient (Wildman–Crippen LogP) is 0.796. The number of aliphatic hydroxyl groups is 2. The molecule has 0 unspecified atom stereocenters. The molecule has 0 saturated carbocycles. The number of aliphatic hydroxyl groups excluding tert-OH is 2. The molecule has 12 nitrogen and oxygen atoms in total. The lowest BCUT2D eigenvalue weighted by molar-refractivity contribution is -0.146. The third kappa shape index (κ3) is 7.12. The van der Waals surface area contributed by atoms with E-state index in [0.717, 1.165) is 23.6 Å². The summed E-state index contributed by atoms with van der Waals surface area (Å²) in [6.45, 7) is -3.82. The number of alkyl halides is 3. The van der Waals surface area contributed by atoms with Crippen LogP contribution in [0.15, 0.2) is 36.4 Å². The van der Waals surface area contributed by atoms with Crippen molar-refractivity contribution in [3.8, 4) is 23.2 Å². The van der Waals surface area contributed by atoms with Crippen LogP contribution in [0.4, 0.5) is 19.1 Å². The third-order valence-corrected chi connectivity index (χ3v) is 5.24. The van der Waals surface area contributed by atoms with Crippen LogP contribution in [0.5, 0.6) is 5.75 Å². The van der Waals surface area contributed by atoms with E-state index in [1.54, 1.807) is 5.32 Å². The number of likely N-dealkylation sites (tertiary alicyclic amines) is 1. The van der Waals surface area contributed by atoms with Gasteiger partial charge in [-0.1, -0.05) is 0 Å². The second kappa shape index (κ2) is 12.6. The Hall–Kier alpha value is -4.29. The maximum absolute atomic E-state index is 14.7. The van der Waals surface area contributed by atoms with E-state index < -0.39 is 37.4 Å². The maximum Gasteiger partial charge on any atom is 0.312 e. The summed E-state index contributed by atoms with van der Waals surface area (Å²) in [5, 5.41) is 39.6. The van der Waals surface area contributed by atoms with Crippen LogP contribution >= 0.6 is 0 Å². The quantitative estimate of drug-likeness (QED) is 0.222. The molecule has 3 rings (SSSR count). The summed E-state index contributed by atoms with van der Waals surface area (Å²) in [5.41, 5.74) is 0.406. The topological polar surface area (TPSA) is 180 Å². The lowest BCUT2D eigenvalue weighted by Gasteiger charge is -2.35. The van der Waals surface area contributed by atoms with Gasteiger partial charge in [0.1, 0.15) is 24.3 Å². The van der Waals surface area contributed by atoms with Gasteiger partial charge in [0.05, 0.1) is 24.4 Å². The van der Waals surface area contributed by atoms with Crippen LogP contribution in [0.2, 0.25) is 0 Å². The molecule has 1 aromatic carbocycles. The molecule has 1 saturated heterocycles. The highest BCUT2D eigenvalue weighted by molar-refractivity contribution is 5.81. The first-order valence-electron chi connectivity index (χ1n) is 10.9. The number of aromatic nitrogens is 3. The largest absolute Gasteiger partial charge is 0.486 e. The van der Waals surface area contributed by atoms with Gasteiger partial charge in [-0.2, -0.15) is 19.0 Å². The van der Waals surface area contributed by atoms with Gasteiger partial charge >= 0.3 is 6.55 Å². The fraction of sp³-hybridized carbons (Fsp3) is 0.364. The minimum absolute atomic E-state index is 0.0393. The standard InChI is InChI=1S/C22H23F3N8O4/c23-15-9-33(20(36)16(35)10-34)4-3-18(15)37-17-2-1-12(5-13(17)6-26)19-29-11-30-22(32-19)31-14(7-27)8-28-21(24)25/h1-2,5,7-8,11,15-16,18,21,27-28,34-35H,3-4,9-10H2,(H,29,30,31,32)/b14-8+,27-7?/t15-,16+,18+/m1/s1. The van der Waals surface area contributed by atoms with Gasteiger partial charge in [-0.05, 0) is 18.2 Å². The molecule has 3 atom stereocenters. The molecular formula is C22H23F3N8O4. The predicted molar refractivity (Wildman–Crippen MR) is 123 cm³/mol. The Morgan fingerprint density at radius 3 is 2.84 bits per heavy atom. The van der Waals surface area contributed by atoms with Crippen molar-refractivity contribution in [1.29, 1.82) is 10.7 Å². The van der Waals surface area contributed by atoms with Crippen molar-refractivity contribution in [2.45, 2.75) is 31.3 Å². The van der Waals surface area contributed by atoms with Gasteiger partial charge in [-0.3, -0.25) is 4.79 Å². The molecule has 1 aromatic heterocycles. The molecule has 1 fully saturated rings. The Labute approximate surface area is 208 Å². The van der Waals surface area contributed by atoms with Gasteiger partial charge in [0.2, 0.25) is 5.95 Å². The average molecular weight is 520 g/mol. The molecule has 0 spiro atoms. The summed E-state index contributed by atoms with van der Waals surface area (Å²) in [5.74, 6) is -0.578. The normalized spacial score (nSPS) is 18.6. The molecule has 37 heavy (non-hydrogen) atoms. The Kier molecular flexibility index (Phi) is 9.30. The van der Waals surface area contributed by atoms with Crippen molar-refractivity contribution < 1.29 is 32.9 Å². The monoisotopic (exact) mass is 520 g/mol. The maximum atomic E-state index is 14.7. The number of ether oxygens (including phenoxy) is 1. The molecule has 196 valence electrons. The molecule has 15 heteroatoms. The first-order valence-corrected chi connectivity index (χ1v) is 10.9. The summed E-state index contributed by atoms with van der Waals surface area (Å²) in [4.78, 5) is 25.1. The molecule has 1 aliphatic heterocycles. The van der Waals surface area contributed by atoms with E-state index in [1.807, 2.05) is 6.07 Å². The van der Waals surface area contributed by atoms with E-state index in [-0.39, 0.29) is 48.3 Å². The highest BCUT2D eigenvalue weighted by Gasteiger charge is 2.35. The van der Waals surface area contributed by atoms with Crippen LogP contribution in [0.1, 0.15) is 12.0 Å². The number of hydrogen-bond acceptors (Lipinski definition) is 11. The SMILES string of the molecule is N#Cc1cc(-c2ncnc(N/C(C=N)=C/NC(F)F)n2)ccc1O[C@H]1CCN(C(=O)[C@@H](O)CO)C[C@H]1F. The molecule has 1 amide bonds. The lowest BCUT2D eigenvalue weighted by atomic mass is 10.0. The first-order chi connectivity index (χ1) is 17.7. The summed E-state index contributed by atoms with van der Waals surface area (Å²) in [6, 6.07) is 6.36. The summed E-state index contributed by atoms with van der Waals surface area (Å²) in [7, 11) is 0. The average Bonchev–Trinajstić information content (AvgIpc) is 2.91. The highest BCUT2D eigenvalue weighted by atomic mass is 19.3. The summed E-state index contributed by atoms with van der Waals surface area (Å²) < 4.78 is 45.1. The van der Waals surface area contributed by atoms with E-state index >= 15 is 0 Å². The Balaban J connectivity index is 1.72. The second-order valence-electron chi connectivity index (χ2n) is 7.74. The first kappa shape index (κ1) is 27.3. The zero-order valence-corrected chi connectivity index (χ0v) is 19.2. The molecule has 0 radical (unpaired) electrons. The zero-order valence-electron chi connectivity index (χ0n) is 19.2. The van der Waals surface area contributed by atoms with E-state index in [9.17, 15) is 28.3 Å².